The lowest BCUT2D eigenvalue weighted by atomic mass is 10.0. The van der Waals surface area contributed by atoms with Crippen LogP contribution in [-0.2, 0) is 4.74 Å². The van der Waals surface area contributed by atoms with Crippen molar-refractivity contribution >= 4 is 0 Å². The zero-order chi connectivity index (χ0) is 16.1. The van der Waals surface area contributed by atoms with Gasteiger partial charge in [0, 0.05) is 0 Å². The maximum absolute atomic E-state index is 5.18. The van der Waals surface area contributed by atoms with Gasteiger partial charge in [-0.3, -0.25) is 0 Å². The molecular formula is C21H42O. The van der Waals surface area contributed by atoms with Crippen molar-refractivity contribution < 1.29 is 4.74 Å². The number of ether oxygens (including phenoxy) is 1. The van der Waals surface area contributed by atoms with Gasteiger partial charge in [-0.2, -0.15) is 0 Å². The molecule has 0 rings (SSSR count). The molecule has 132 valence electrons. The highest BCUT2D eigenvalue weighted by Crippen LogP contribution is 2.13. The summed E-state index contributed by atoms with van der Waals surface area (Å²) in [5, 5.41) is 0. The minimum Gasteiger partial charge on any atom is -0.502 e. The van der Waals surface area contributed by atoms with Gasteiger partial charge in [0.15, 0.2) is 0 Å². The Labute approximate surface area is 140 Å². The predicted octanol–water partition coefficient (Wildman–Crippen LogP) is 7.80. The van der Waals surface area contributed by atoms with Crippen LogP contribution in [0.1, 0.15) is 117 Å². The first-order chi connectivity index (χ1) is 10.9. The zero-order valence-corrected chi connectivity index (χ0v) is 15.6. The smallest absolute Gasteiger partial charge is 0.0845 e. The molecule has 1 heteroatoms. The molecule has 0 unspecified atom stereocenters. The molecule has 0 heterocycles. The molecule has 0 aliphatic carbocycles. The van der Waals surface area contributed by atoms with Crippen LogP contribution in [0.25, 0.3) is 0 Å². The highest BCUT2D eigenvalue weighted by atomic mass is 16.5. The summed E-state index contributed by atoms with van der Waals surface area (Å²) >= 11 is 0. The monoisotopic (exact) mass is 310 g/mol. The number of hydrogen-bond donors (Lipinski definition) is 0. The largest absolute Gasteiger partial charge is 0.502 e. The molecule has 0 N–H and O–H groups in total. The van der Waals surface area contributed by atoms with Crippen LogP contribution < -0.4 is 0 Å². The van der Waals surface area contributed by atoms with E-state index < -0.39 is 0 Å². The minimum absolute atomic E-state index is 0.787. The van der Waals surface area contributed by atoms with Crippen molar-refractivity contribution in [1.82, 2.24) is 0 Å². The van der Waals surface area contributed by atoms with Crippen LogP contribution in [0, 0.1) is 0 Å². The fraction of sp³-hybridized carbons (Fsp3) is 0.905. The molecule has 0 aliphatic rings. The highest BCUT2D eigenvalue weighted by Gasteiger charge is 1.94. The second-order valence-corrected chi connectivity index (χ2v) is 6.57. The van der Waals surface area contributed by atoms with E-state index in [1.165, 1.54) is 103 Å². The summed E-state index contributed by atoms with van der Waals surface area (Å²) in [5.41, 5.74) is 0. The third-order valence-corrected chi connectivity index (χ3v) is 4.33. The van der Waals surface area contributed by atoms with Crippen molar-refractivity contribution in [3.8, 4) is 0 Å². The molecule has 0 radical (unpaired) electrons. The normalized spacial score (nSPS) is 11.4. The van der Waals surface area contributed by atoms with Gasteiger partial charge in [-0.15, -0.1) is 0 Å². The first-order valence-corrected chi connectivity index (χ1v) is 10.2. The predicted molar refractivity (Wildman–Crippen MR) is 100 cm³/mol. The van der Waals surface area contributed by atoms with Crippen molar-refractivity contribution in [3.63, 3.8) is 0 Å². The molecule has 0 amide bonds. The van der Waals surface area contributed by atoms with Gasteiger partial charge in [-0.25, -0.2) is 0 Å². The summed E-state index contributed by atoms with van der Waals surface area (Å²) in [6.07, 6.45) is 26.7. The van der Waals surface area contributed by atoms with Gasteiger partial charge >= 0.3 is 0 Å². The van der Waals surface area contributed by atoms with Crippen LogP contribution >= 0.6 is 0 Å². The van der Waals surface area contributed by atoms with Gasteiger partial charge < -0.3 is 4.74 Å². The van der Waals surface area contributed by atoms with E-state index in [9.17, 15) is 0 Å². The Bertz CT molecular complexity index is 210. The van der Waals surface area contributed by atoms with Crippen LogP contribution in [0.5, 0.6) is 0 Å². The van der Waals surface area contributed by atoms with Crippen molar-refractivity contribution in [1.29, 1.82) is 0 Å². The average molecular weight is 311 g/mol. The van der Waals surface area contributed by atoms with Gasteiger partial charge in [-0.1, -0.05) is 96.8 Å². The average Bonchev–Trinajstić information content (AvgIpc) is 2.54. The van der Waals surface area contributed by atoms with Gasteiger partial charge in [-0.05, 0) is 25.8 Å². The molecular weight excluding hydrogens is 268 g/mol. The molecule has 0 bridgehead atoms. The number of hydrogen-bond acceptors (Lipinski definition) is 1. The van der Waals surface area contributed by atoms with E-state index in [1.54, 1.807) is 0 Å². The van der Waals surface area contributed by atoms with Gasteiger partial charge in [0.1, 0.15) is 0 Å². The second-order valence-electron chi connectivity index (χ2n) is 6.57. The van der Waals surface area contributed by atoms with E-state index >= 15 is 0 Å². The zero-order valence-electron chi connectivity index (χ0n) is 15.6. The fourth-order valence-electron chi connectivity index (χ4n) is 2.87. The van der Waals surface area contributed by atoms with E-state index in [4.69, 9.17) is 4.74 Å². The quantitative estimate of drug-likeness (QED) is 0.185. The second kappa shape index (κ2) is 20.5. The Hall–Kier alpha value is -0.460. The summed E-state index contributed by atoms with van der Waals surface area (Å²) in [6.45, 7) is 5.10. The molecule has 0 saturated carbocycles. The molecule has 1 nitrogen and oxygen atoms in total. The molecule has 0 saturated heterocycles. The van der Waals surface area contributed by atoms with Crippen molar-refractivity contribution in [3.05, 3.63) is 12.3 Å². The van der Waals surface area contributed by atoms with E-state index in [0.717, 1.165) is 6.61 Å². The molecule has 0 atom stereocenters. The topological polar surface area (TPSA) is 9.23 Å². The first-order valence-electron chi connectivity index (χ1n) is 10.2. The Balaban J connectivity index is 2.97. The number of unbranched alkanes of at least 4 members (excludes halogenated alkanes) is 15. The maximum atomic E-state index is 5.18. The molecule has 0 spiro atoms. The van der Waals surface area contributed by atoms with E-state index in [1.807, 2.05) is 13.2 Å². The molecule has 22 heavy (non-hydrogen) atoms. The summed E-state index contributed by atoms with van der Waals surface area (Å²) in [7, 11) is 0. The van der Waals surface area contributed by atoms with Crippen molar-refractivity contribution in [2.45, 2.75) is 117 Å². The Morgan fingerprint density at radius 3 is 1.36 bits per heavy atom. The summed E-state index contributed by atoms with van der Waals surface area (Å²) < 4.78 is 5.18. The van der Waals surface area contributed by atoms with Gasteiger partial charge in [0.05, 0.1) is 12.9 Å². The van der Waals surface area contributed by atoms with Gasteiger partial charge in [0.25, 0.3) is 0 Å². The SMILES string of the molecule is CCCCCCCCCCCCCCCCCC=COCC. The van der Waals surface area contributed by atoms with Crippen LogP contribution in [0.4, 0.5) is 0 Å². The Morgan fingerprint density at radius 1 is 0.545 bits per heavy atom. The Kier molecular flexibility index (Phi) is 20.1. The number of rotatable bonds is 18. The van der Waals surface area contributed by atoms with Crippen molar-refractivity contribution in [2.75, 3.05) is 6.61 Å². The van der Waals surface area contributed by atoms with Crippen molar-refractivity contribution in [2.24, 2.45) is 0 Å². The molecule has 0 aromatic heterocycles. The maximum Gasteiger partial charge on any atom is 0.0845 e. The summed E-state index contributed by atoms with van der Waals surface area (Å²) in [6, 6.07) is 0. The minimum atomic E-state index is 0.787. The third kappa shape index (κ3) is 19.5. The highest BCUT2D eigenvalue weighted by molar-refractivity contribution is 4.72. The van der Waals surface area contributed by atoms with Crippen LogP contribution in [0.3, 0.4) is 0 Å². The van der Waals surface area contributed by atoms with Crippen LogP contribution in [0.15, 0.2) is 12.3 Å². The molecule has 0 aromatic carbocycles. The molecule has 0 fully saturated rings. The summed E-state index contributed by atoms with van der Waals surface area (Å²) in [5.74, 6) is 0. The van der Waals surface area contributed by atoms with Crippen LogP contribution in [-0.4, -0.2) is 6.61 Å². The lowest BCUT2D eigenvalue weighted by molar-refractivity contribution is 0.268. The van der Waals surface area contributed by atoms with Crippen LogP contribution in [0.2, 0.25) is 0 Å². The standard InChI is InChI=1S/C21H42O/c1-3-5-6-7-8-9-10-11-12-13-14-15-16-17-18-19-20-21-22-4-2/h20-21H,3-19H2,1-2H3. The lowest BCUT2D eigenvalue weighted by Crippen LogP contribution is -1.83. The number of allylic oxidation sites excluding steroid dienone is 1. The van der Waals surface area contributed by atoms with E-state index in [-0.39, 0.29) is 0 Å². The molecule has 0 aliphatic heterocycles. The van der Waals surface area contributed by atoms with Gasteiger partial charge in [0.2, 0.25) is 0 Å². The lowest BCUT2D eigenvalue weighted by Gasteiger charge is -2.03. The fourth-order valence-corrected chi connectivity index (χ4v) is 2.87. The van der Waals surface area contributed by atoms with E-state index in [2.05, 4.69) is 13.0 Å². The van der Waals surface area contributed by atoms with E-state index in [0.29, 0.717) is 0 Å². The Morgan fingerprint density at radius 2 is 0.955 bits per heavy atom. The first kappa shape index (κ1) is 21.5. The third-order valence-electron chi connectivity index (χ3n) is 4.33. The summed E-state index contributed by atoms with van der Waals surface area (Å²) in [4.78, 5) is 0. The molecule has 0 aromatic rings.